The summed E-state index contributed by atoms with van der Waals surface area (Å²) in [6.45, 7) is 3.23. The number of nitrogens with one attached hydrogen (secondary N) is 1. The lowest BCUT2D eigenvalue weighted by Crippen LogP contribution is -2.22. The normalized spacial score (nSPS) is 13.6. The molecule has 1 amide bonds. The molecule has 0 heterocycles. The molecule has 4 heteroatoms. The van der Waals surface area contributed by atoms with Crippen molar-refractivity contribution in [2.45, 2.75) is 19.4 Å². The number of halogens is 1. The molecule has 0 radical (unpaired) electrons. The molecule has 2 rings (SSSR count). The SMILES string of the molecule is CC(=O)Nc1ccc(C(C)(O)c2ccc(I)cc2)cc1. The Bertz CT molecular complexity index is 603. The van der Waals surface area contributed by atoms with E-state index in [2.05, 4.69) is 27.9 Å². The largest absolute Gasteiger partial charge is 0.381 e. The Hall–Kier alpha value is -1.40. The Morgan fingerprint density at radius 2 is 1.50 bits per heavy atom. The third-order valence-corrected chi connectivity index (χ3v) is 3.89. The maximum atomic E-state index is 11.0. The second kappa shape index (κ2) is 5.93. The molecule has 0 saturated heterocycles. The first-order valence-electron chi connectivity index (χ1n) is 6.26. The van der Waals surface area contributed by atoms with E-state index in [0.717, 1.165) is 20.4 Å². The predicted octanol–water partition coefficient (Wildman–Crippen LogP) is 3.51. The number of hydrogen-bond acceptors (Lipinski definition) is 2. The highest BCUT2D eigenvalue weighted by Gasteiger charge is 2.25. The van der Waals surface area contributed by atoms with Crippen LogP contribution in [-0.4, -0.2) is 11.0 Å². The lowest BCUT2D eigenvalue weighted by atomic mass is 9.88. The molecular weight excluding hydrogens is 365 g/mol. The first-order chi connectivity index (χ1) is 9.39. The number of carbonyl (C=O) groups is 1. The summed E-state index contributed by atoms with van der Waals surface area (Å²) in [4.78, 5) is 11.0. The molecule has 2 N–H and O–H groups in total. The Labute approximate surface area is 132 Å². The summed E-state index contributed by atoms with van der Waals surface area (Å²) in [5, 5.41) is 13.4. The first kappa shape index (κ1) is 15.0. The van der Waals surface area contributed by atoms with E-state index in [-0.39, 0.29) is 5.91 Å². The van der Waals surface area contributed by atoms with Crippen LogP contribution >= 0.6 is 22.6 Å². The molecule has 104 valence electrons. The summed E-state index contributed by atoms with van der Waals surface area (Å²) >= 11 is 2.23. The number of rotatable bonds is 3. The number of amides is 1. The van der Waals surface area contributed by atoms with Crippen LogP contribution in [0, 0.1) is 3.57 Å². The van der Waals surface area contributed by atoms with Gasteiger partial charge in [-0.15, -0.1) is 0 Å². The lowest BCUT2D eigenvalue weighted by Gasteiger charge is -2.25. The fourth-order valence-electron chi connectivity index (χ4n) is 2.02. The number of aliphatic hydroxyl groups is 1. The minimum Gasteiger partial charge on any atom is -0.381 e. The minimum absolute atomic E-state index is 0.109. The van der Waals surface area contributed by atoms with Crippen molar-refractivity contribution in [3.05, 3.63) is 63.2 Å². The molecule has 0 aliphatic heterocycles. The average molecular weight is 381 g/mol. The van der Waals surface area contributed by atoms with E-state index in [1.807, 2.05) is 36.4 Å². The zero-order valence-electron chi connectivity index (χ0n) is 11.4. The van der Waals surface area contributed by atoms with E-state index >= 15 is 0 Å². The quantitative estimate of drug-likeness (QED) is 0.800. The van der Waals surface area contributed by atoms with Gasteiger partial charge in [0.05, 0.1) is 0 Å². The second-order valence-electron chi connectivity index (χ2n) is 4.84. The number of hydrogen-bond donors (Lipinski definition) is 2. The van der Waals surface area contributed by atoms with Crippen LogP contribution in [0.4, 0.5) is 5.69 Å². The van der Waals surface area contributed by atoms with E-state index in [9.17, 15) is 9.90 Å². The van der Waals surface area contributed by atoms with Crippen LogP contribution in [-0.2, 0) is 10.4 Å². The molecule has 0 bridgehead atoms. The maximum absolute atomic E-state index is 11.0. The molecular formula is C16H16INO2. The summed E-state index contributed by atoms with van der Waals surface area (Å²) in [5.41, 5.74) is 1.29. The molecule has 1 atom stereocenters. The van der Waals surface area contributed by atoms with Gasteiger partial charge in [0.15, 0.2) is 0 Å². The monoisotopic (exact) mass is 381 g/mol. The number of carbonyl (C=O) groups excluding carboxylic acids is 1. The zero-order valence-corrected chi connectivity index (χ0v) is 13.5. The van der Waals surface area contributed by atoms with Crippen LogP contribution in [0.2, 0.25) is 0 Å². The molecule has 2 aromatic rings. The molecule has 0 aliphatic carbocycles. The van der Waals surface area contributed by atoms with Crippen molar-refractivity contribution >= 4 is 34.2 Å². The van der Waals surface area contributed by atoms with Gasteiger partial charge >= 0.3 is 0 Å². The third-order valence-electron chi connectivity index (χ3n) is 3.17. The van der Waals surface area contributed by atoms with E-state index in [0.29, 0.717) is 0 Å². The summed E-state index contributed by atoms with van der Waals surface area (Å²) < 4.78 is 1.13. The van der Waals surface area contributed by atoms with Gasteiger partial charge in [-0.3, -0.25) is 4.79 Å². The van der Waals surface area contributed by atoms with Gasteiger partial charge in [-0.05, 0) is 64.9 Å². The van der Waals surface area contributed by atoms with Crippen LogP contribution in [0.1, 0.15) is 25.0 Å². The van der Waals surface area contributed by atoms with Gasteiger partial charge < -0.3 is 10.4 Å². The van der Waals surface area contributed by atoms with Crippen LogP contribution < -0.4 is 5.32 Å². The fourth-order valence-corrected chi connectivity index (χ4v) is 2.38. The molecule has 0 spiro atoms. The van der Waals surface area contributed by atoms with Crippen LogP contribution in [0.15, 0.2) is 48.5 Å². The van der Waals surface area contributed by atoms with E-state index in [4.69, 9.17) is 0 Å². The smallest absolute Gasteiger partial charge is 0.221 e. The summed E-state index contributed by atoms with van der Waals surface area (Å²) in [7, 11) is 0. The van der Waals surface area contributed by atoms with E-state index in [1.54, 1.807) is 19.1 Å². The van der Waals surface area contributed by atoms with Crippen molar-refractivity contribution in [1.29, 1.82) is 0 Å². The van der Waals surface area contributed by atoms with Crippen molar-refractivity contribution in [2.75, 3.05) is 5.32 Å². The summed E-state index contributed by atoms with van der Waals surface area (Å²) in [6, 6.07) is 15.0. The molecule has 0 saturated carbocycles. The first-order valence-corrected chi connectivity index (χ1v) is 7.34. The van der Waals surface area contributed by atoms with Crippen molar-refractivity contribution in [3.8, 4) is 0 Å². The maximum Gasteiger partial charge on any atom is 0.221 e. The average Bonchev–Trinajstić information content (AvgIpc) is 2.39. The van der Waals surface area contributed by atoms with Crippen molar-refractivity contribution in [2.24, 2.45) is 0 Å². The fraction of sp³-hybridized carbons (Fsp3) is 0.188. The van der Waals surface area contributed by atoms with Gasteiger partial charge in [0, 0.05) is 16.2 Å². The van der Waals surface area contributed by atoms with Gasteiger partial charge in [0.2, 0.25) is 5.91 Å². The van der Waals surface area contributed by atoms with E-state index < -0.39 is 5.60 Å². The molecule has 0 aliphatic rings. The molecule has 0 fully saturated rings. The summed E-state index contributed by atoms with van der Waals surface area (Å²) in [6.07, 6.45) is 0. The highest BCUT2D eigenvalue weighted by Crippen LogP contribution is 2.30. The topological polar surface area (TPSA) is 49.3 Å². The van der Waals surface area contributed by atoms with Gasteiger partial charge in [-0.1, -0.05) is 24.3 Å². The standard InChI is InChI=1S/C16H16INO2/c1-11(19)18-15-9-5-13(6-10-15)16(2,20)12-3-7-14(17)8-4-12/h3-10,20H,1-2H3,(H,18,19). The van der Waals surface area contributed by atoms with Gasteiger partial charge in [-0.2, -0.15) is 0 Å². The van der Waals surface area contributed by atoms with Gasteiger partial charge in [-0.25, -0.2) is 0 Å². The van der Waals surface area contributed by atoms with Crippen LogP contribution in [0.3, 0.4) is 0 Å². The highest BCUT2D eigenvalue weighted by molar-refractivity contribution is 14.1. The van der Waals surface area contributed by atoms with Crippen molar-refractivity contribution in [3.63, 3.8) is 0 Å². The predicted molar refractivity (Wildman–Crippen MR) is 88.6 cm³/mol. The molecule has 2 aromatic carbocycles. The molecule has 20 heavy (non-hydrogen) atoms. The van der Waals surface area contributed by atoms with Crippen LogP contribution in [0.25, 0.3) is 0 Å². The lowest BCUT2D eigenvalue weighted by molar-refractivity contribution is -0.114. The van der Waals surface area contributed by atoms with Gasteiger partial charge in [0.1, 0.15) is 5.60 Å². The Morgan fingerprint density at radius 1 is 1.05 bits per heavy atom. The Balaban J connectivity index is 2.29. The van der Waals surface area contributed by atoms with Crippen LogP contribution in [0.5, 0.6) is 0 Å². The van der Waals surface area contributed by atoms with E-state index in [1.165, 1.54) is 6.92 Å². The van der Waals surface area contributed by atoms with Crippen molar-refractivity contribution < 1.29 is 9.90 Å². The highest BCUT2D eigenvalue weighted by atomic mass is 127. The Kier molecular flexibility index (Phi) is 4.45. The molecule has 0 aromatic heterocycles. The number of anilines is 1. The molecule has 3 nitrogen and oxygen atoms in total. The zero-order chi connectivity index (χ0) is 14.8. The van der Waals surface area contributed by atoms with Gasteiger partial charge in [0.25, 0.3) is 0 Å². The Morgan fingerprint density at radius 3 is 1.95 bits per heavy atom. The minimum atomic E-state index is -1.06. The van der Waals surface area contributed by atoms with Crippen molar-refractivity contribution in [1.82, 2.24) is 0 Å². The third kappa shape index (κ3) is 3.37. The number of benzene rings is 2. The summed E-state index contributed by atoms with van der Waals surface area (Å²) in [5.74, 6) is -0.109. The molecule has 1 unspecified atom stereocenters. The second-order valence-corrected chi connectivity index (χ2v) is 6.08.